The highest BCUT2D eigenvalue weighted by molar-refractivity contribution is 7.27. The van der Waals surface area contributed by atoms with Crippen LogP contribution in [0.1, 0.15) is 34.7 Å². The fraction of sp³-hybridized carbons (Fsp3) is 0.273. The Morgan fingerprint density at radius 3 is 2.50 bits per heavy atom. The van der Waals surface area contributed by atoms with Gasteiger partial charge in [-0.15, -0.1) is 9.24 Å². The zero-order valence-corrected chi connectivity index (χ0v) is 16.5. The predicted octanol–water partition coefficient (Wildman–Crippen LogP) is 5.32. The monoisotopic (exact) mass is 338 g/mol. The van der Waals surface area contributed by atoms with Gasteiger partial charge in [-0.05, 0) is 73.3 Å². The minimum absolute atomic E-state index is 0.954. The summed E-state index contributed by atoms with van der Waals surface area (Å²) in [7, 11) is 4.54. The third kappa shape index (κ3) is 4.36. The number of methoxy groups -OCH3 is 1. The summed E-state index contributed by atoms with van der Waals surface area (Å²) in [5.41, 5.74) is 7.65. The molecule has 24 heavy (non-hydrogen) atoms. The molecular formula is C22H27OP. The molecule has 1 nitrogen and oxygen atoms in total. The van der Waals surface area contributed by atoms with E-state index in [2.05, 4.69) is 85.5 Å². The molecule has 0 saturated heterocycles. The van der Waals surface area contributed by atoms with Crippen molar-refractivity contribution in [1.82, 2.24) is 0 Å². The summed E-state index contributed by atoms with van der Waals surface area (Å²) in [5.74, 6) is 0.964. The van der Waals surface area contributed by atoms with Crippen LogP contribution < -0.4 is 10.0 Å². The van der Waals surface area contributed by atoms with E-state index in [9.17, 15) is 0 Å². The molecule has 0 bridgehead atoms. The van der Waals surface area contributed by atoms with Gasteiger partial charge in [0.2, 0.25) is 0 Å². The first kappa shape index (κ1) is 18.5. The first-order chi connectivity index (χ1) is 11.4. The Morgan fingerprint density at radius 2 is 1.83 bits per heavy atom. The van der Waals surface area contributed by atoms with Crippen molar-refractivity contribution in [2.75, 3.05) is 7.11 Å². The number of hydrogen-bond donors (Lipinski definition) is 0. The van der Waals surface area contributed by atoms with Gasteiger partial charge in [0.15, 0.2) is 0 Å². The van der Waals surface area contributed by atoms with E-state index in [4.69, 9.17) is 4.74 Å². The van der Waals surface area contributed by atoms with Crippen molar-refractivity contribution in [2.24, 2.45) is 0 Å². The fourth-order valence-corrected chi connectivity index (χ4v) is 3.13. The van der Waals surface area contributed by atoms with E-state index in [1.165, 1.54) is 38.7 Å². The van der Waals surface area contributed by atoms with E-state index in [0.29, 0.717) is 0 Å². The van der Waals surface area contributed by atoms with Crippen molar-refractivity contribution in [2.45, 2.75) is 34.1 Å². The van der Waals surface area contributed by atoms with Crippen LogP contribution in [0.25, 0.3) is 6.08 Å². The lowest BCUT2D eigenvalue weighted by molar-refractivity contribution is 0.411. The van der Waals surface area contributed by atoms with E-state index >= 15 is 0 Å². The van der Waals surface area contributed by atoms with Crippen LogP contribution in [0.3, 0.4) is 0 Å². The lowest BCUT2D eigenvalue weighted by atomic mass is 9.96. The number of aryl methyl sites for hydroxylation is 1. The van der Waals surface area contributed by atoms with Crippen LogP contribution in [-0.2, 0) is 6.42 Å². The highest BCUT2D eigenvalue weighted by Gasteiger charge is 2.08. The van der Waals surface area contributed by atoms with Crippen molar-refractivity contribution in [3.63, 3.8) is 0 Å². The van der Waals surface area contributed by atoms with Gasteiger partial charge in [0.25, 0.3) is 0 Å². The minimum Gasteiger partial charge on any atom is -0.496 e. The number of benzene rings is 2. The second-order valence-electron chi connectivity index (χ2n) is 6.24. The molecule has 0 aliphatic carbocycles. The van der Waals surface area contributed by atoms with Gasteiger partial charge < -0.3 is 4.74 Å². The van der Waals surface area contributed by atoms with Crippen LogP contribution in [0.2, 0.25) is 0 Å². The topological polar surface area (TPSA) is 9.23 Å². The molecule has 2 heteroatoms. The minimum atomic E-state index is 0.954. The molecule has 0 heterocycles. The quantitative estimate of drug-likeness (QED) is 0.529. The second kappa shape index (κ2) is 8.31. The van der Waals surface area contributed by atoms with E-state index in [1.807, 2.05) is 0 Å². The maximum Gasteiger partial charge on any atom is 0.122 e. The first-order valence-corrected chi connectivity index (χ1v) is 8.84. The number of allylic oxidation sites excluding steroid dienone is 3. The molecule has 0 aliphatic rings. The van der Waals surface area contributed by atoms with Crippen molar-refractivity contribution >= 4 is 20.6 Å². The molecule has 0 radical (unpaired) electrons. The number of rotatable bonds is 5. The number of hydrogen-bond acceptors (Lipinski definition) is 1. The summed E-state index contributed by atoms with van der Waals surface area (Å²) >= 11 is 0. The summed E-state index contributed by atoms with van der Waals surface area (Å²) in [5, 5.41) is 1.27. The molecule has 2 aromatic carbocycles. The fourth-order valence-electron chi connectivity index (χ4n) is 2.81. The van der Waals surface area contributed by atoms with Gasteiger partial charge in [-0.1, -0.05) is 48.1 Å². The molecular weight excluding hydrogens is 311 g/mol. The molecule has 0 saturated carbocycles. The standard InChI is InChI=1S/C22H27OP/c1-15(10-12-19-8-6-7-9-22(19)24)11-13-20-16(2)14-21(23-5)18(4)17(20)3/h6-11,13-14H,12,24H2,1-5H3. The Kier molecular flexibility index (Phi) is 6.40. The largest absolute Gasteiger partial charge is 0.496 e. The van der Waals surface area contributed by atoms with Crippen molar-refractivity contribution in [3.05, 3.63) is 75.9 Å². The second-order valence-corrected chi connectivity index (χ2v) is 6.87. The van der Waals surface area contributed by atoms with Crippen LogP contribution in [0.4, 0.5) is 0 Å². The summed E-state index contributed by atoms with van der Waals surface area (Å²) in [6.45, 7) is 8.57. The third-order valence-corrected chi connectivity index (χ3v) is 5.10. The van der Waals surface area contributed by atoms with Crippen molar-refractivity contribution < 1.29 is 4.74 Å². The molecule has 0 fully saturated rings. The summed E-state index contributed by atoms with van der Waals surface area (Å²) < 4.78 is 5.45. The molecule has 0 amide bonds. The average Bonchev–Trinajstić information content (AvgIpc) is 2.57. The van der Waals surface area contributed by atoms with Gasteiger partial charge in [-0.25, -0.2) is 0 Å². The van der Waals surface area contributed by atoms with Crippen LogP contribution in [-0.4, -0.2) is 7.11 Å². The Morgan fingerprint density at radius 1 is 1.12 bits per heavy atom. The Balaban J connectivity index is 2.20. The number of ether oxygens (including phenoxy) is 1. The predicted molar refractivity (Wildman–Crippen MR) is 109 cm³/mol. The zero-order chi connectivity index (χ0) is 17.7. The molecule has 2 rings (SSSR count). The summed E-state index contributed by atoms with van der Waals surface area (Å²) in [6.07, 6.45) is 7.65. The van der Waals surface area contributed by atoms with Crippen molar-refractivity contribution in [1.29, 1.82) is 0 Å². The van der Waals surface area contributed by atoms with Gasteiger partial charge in [0, 0.05) is 0 Å². The highest BCUT2D eigenvalue weighted by Crippen LogP contribution is 2.28. The van der Waals surface area contributed by atoms with Gasteiger partial charge in [0.05, 0.1) is 7.11 Å². The van der Waals surface area contributed by atoms with Gasteiger partial charge in [-0.2, -0.15) is 0 Å². The van der Waals surface area contributed by atoms with E-state index in [-0.39, 0.29) is 0 Å². The van der Waals surface area contributed by atoms with Crippen LogP contribution in [0.15, 0.2) is 48.1 Å². The third-order valence-electron chi connectivity index (χ3n) is 4.54. The molecule has 1 atom stereocenters. The van der Waals surface area contributed by atoms with Crippen molar-refractivity contribution in [3.8, 4) is 5.75 Å². The molecule has 0 aliphatic heterocycles. The summed E-state index contributed by atoms with van der Waals surface area (Å²) in [6, 6.07) is 10.6. The normalized spacial score (nSPS) is 12.0. The van der Waals surface area contributed by atoms with E-state index < -0.39 is 0 Å². The van der Waals surface area contributed by atoms with E-state index in [1.54, 1.807) is 7.11 Å². The van der Waals surface area contributed by atoms with Gasteiger partial charge in [0.1, 0.15) is 5.75 Å². The SMILES string of the molecule is COc1cc(C)c(C=CC(C)=CCc2ccccc2P)c(C)c1C. The lowest BCUT2D eigenvalue weighted by Crippen LogP contribution is -1.99. The first-order valence-electron chi connectivity index (χ1n) is 8.27. The maximum atomic E-state index is 5.45. The summed E-state index contributed by atoms with van der Waals surface area (Å²) in [4.78, 5) is 0. The zero-order valence-electron chi connectivity index (χ0n) is 15.3. The maximum absolute atomic E-state index is 5.45. The van der Waals surface area contributed by atoms with Crippen LogP contribution >= 0.6 is 9.24 Å². The van der Waals surface area contributed by atoms with Gasteiger partial charge in [-0.3, -0.25) is 0 Å². The highest BCUT2D eigenvalue weighted by atomic mass is 31.0. The molecule has 0 spiro atoms. The Hall–Kier alpha value is -1.85. The van der Waals surface area contributed by atoms with E-state index in [0.717, 1.165) is 12.2 Å². The Bertz CT molecular complexity index is 785. The molecule has 1 unspecified atom stereocenters. The lowest BCUT2D eigenvalue weighted by Gasteiger charge is -2.13. The smallest absolute Gasteiger partial charge is 0.122 e. The molecule has 0 aromatic heterocycles. The average molecular weight is 338 g/mol. The van der Waals surface area contributed by atoms with Crippen LogP contribution in [0, 0.1) is 20.8 Å². The molecule has 2 aromatic rings. The van der Waals surface area contributed by atoms with Gasteiger partial charge >= 0.3 is 0 Å². The Labute approximate surface area is 148 Å². The molecule has 126 valence electrons. The molecule has 0 N–H and O–H groups in total. The van der Waals surface area contributed by atoms with Crippen LogP contribution in [0.5, 0.6) is 5.75 Å².